The van der Waals surface area contributed by atoms with Crippen molar-refractivity contribution in [2.24, 2.45) is 0 Å². The molecule has 0 aliphatic carbocycles. The molecule has 1 N–H and O–H groups in total. The molecule has 0 spiro atoms. The molecule has 0 bridgehead atoms. The molecule has 1 aliphatic heterocycles. The molecular formula is C23H28N2O6S. The highest BCUT2D eigenvalue weighted by Crippen LogP contribution is 2.22. The molecule has 2 aromatic carbocycles. The second-order valence-electron chi connectivity index (χ2n) is 8.08. The van der Waals surface area contributed by atoms with Crippen LogP contribution < -0.4 is 4.72 Å². The summed E-state index contributed by atoms with van der Waals surface area (Å²) in [5, 5.41) is 0. The zero-order valence-electron chi connectivity index (χ0n) is 18.6. The number of carbonyl (C=O) groups is 2. The van der Waals surface area contributed by atoms with Crippen LogP contribution in [0.2, 0.25) is 0 Å². The Hall–Kier alpha value is -2.91. The van der Waals surface area contributed by atoms with Crippen molar-refractivity contribution >= 4 is 27.6 Å². The fourth-order valence-electron chi connectivity index (χ4n) is 3.53. The summed E-state index contributed by atoms with van der Waals surface area (Å²) in [5.41, 5.74) is 1.96. The van der Waals surface area contributed by atoms with Crippen LogP contribution in [0.25, 0.3) is 0 Å². The Balaban J connectivity index is 1.69. The number of nitrogens with zero attached hydrogens (tertiary/aromatic N) is 1. The molecule has 2 unspecified atom stereocenters. The summed E-state index contributed by atoms with van der Waals surface area (Å²) in [6.07, 6.45) is -0.186. The predicted octanol–water partition coefficient (Wildman–Crippen LogP) is 2.90. The third kappa shape index (κ3) is 5.86. The maximum absolute atomic E-state index is 12.9. The minimum absolute atomic E-state index is 0.0327. The molecular weight excluding hydrogens is 432 g/mol. The lowest BCUT2D eigenvalue weighted by Crippen LogP contribution is -2.49. The third-order valence-corrected chi connectivity index (χ3v) is 6.64. The summed E-state index contributed by atoms with van der Waals surface area (Å²) >= 11 is 0. The zero-order valence-corrected chi connectivity index (χ0v) is 19.4. The van der Waals surface area contributed by atoms with E-state index in [2.05, 4.69) is 4.72 Å². The van der Waals surface area contributed by atoms with Crippen LogP contribution in [-0.2, 0) is 24.3 Å². The third-order valence-electron chi connectivity index (χ3n) is 5.12. The van der Waals surface area contributed by atoms with Crippen molar-refractivity contribution in [1.82, 2.24) is 4.90 Å². The molecule has 1 fully saturated rings. The van der Waals surface area contributed by atoms with Crippen molar-refractivity contribution in [3.8, 4) is 0 Å². The Morgan fingerprint density at radius 2 is 1.69 bits per heavy atom. The average Bonchev–Trinajstić information content (AvgIpc) is 2.72. The molecule has 0 aromatic heterocycles. The van der Waals surface area contributed by atoms with Crippen LogP contribution in [0.4, 0.5) is 5.69 Å². The molecule has 32 heavy (non-hydrogen) atoms. The van der Waals surface area contributed by atoms with E-state index in [0.717, 1.165) is 5.56 Å². The SMILES string of the molecule is Cc1ccc(NS(=O)(=O)c2cc(C(=O)OCC(=O)N3CC(C)OC(C)C3)ccc2C)cc1. The number of hydrogen-bond acceptors (Lipinski definition) is 6. The van der Waals surface area contributed by atoms with Crippen LogP contribution in [0.5, 0.6) is 0 Å². The van der Waals surface area contributed by atoms with E-state index >= 15 is 0 Å². The van der Waals surface area contributed by atoms with Crippen molar-refractivity contribution in [3.05, 3.63) is 59.2 Å². The van der Waals surface area contributed by atoms with E-state index in [0.29, 0.717) is 24.3 Å². The van der Waals surface area contributed by atoms with Crippen molar-refractivity contribution in [2.45, 2.75) is 44.8 Å². The highest BCUT2D eigenvalue weighted by atomic mass is 32.2. The van der Waals surface area contributed by atoms with Crippen LogP contribution in [0.3, 0.4) is 0 Å². The van der Waals surface area contributed by atoms with Gasteiger partial charge in [-0.15, -0.1) is 0 Å². The topological polar surface area (TPSA) is 102 Å². The largest absolute Gasteiger partial charge is 0.452 e. The number of esters is 1. The summed E-state index contributed by atoms with van der Waals surface area (Å²) in [7, 11) is -3.92. The average molecular weight is 461 g/mol. The molecule has 2 aromatic rings. The first kappa shape index (κ1) is 23.7. The van der Waals surface area contributed by atoms with Gasteiger partial charge in [0.25, 0.3) is 15.9 Å². The van der Waals surface area contributed by atoms with Gasteiger partial charge in [0.2, 0.25) is 0 Å². The van der Waals surface area contributed by atoms with Gasteiger partial charge in [-0.1, -0.05) is 23.8 Å². The number of sulfonamides is 1. The molecule has 1 saturated heterocycles. The molecule has 0 radical (unpaired) electrons. The van der Waals surface area contributed by atoms with Gasteiger partial charge < -0.3 is 14.4 Å². The summed E-state index contributed by atoms with van der Waals surface area (Å²) < 4.78 is 39.0. The van der Waals surface area contributed by atoms with E-state index in [1.807, 2.05) is 20.8 Å². The number of rotatable bonds is 6. The van der Waals surface area contributed by atoms with Crippen LogP contribution in [0.1, 0.15) is 35.3 Å². The fourth-order valence-corrected chi connectivity index (χ4v) is 4.86. The first-order chi connectivity index (χ1) is 15.0. The van der Waals surface area contributed by atoms with Gasteiger partial charge in [0.15, 0.2) is 6.61 Å². The van der Waals surface area contributed by atoms with Gasteiger partial charge in [-0.05, 0) is 57.5 Å². The van der Waals surface area contributed by atoms with E-state index in [4.69, 9.17) is 9.47 Å². The van der Waals surface area contributed by atoms with Crippen LogP contribution in [-0.4, -0.2) is 57.1 Å². The van der Waals surface area contributed by atoms with Gasteiger partial charge in [0.1, 0.15) is 0 Å². The lowest BCUT2D eigenvalue weighted by atomic mass is 10.1. The van der Waals surface area contributed by atoms with Gasteiger partial charge in [0.05, 0.1) is 22.7 Å². The molecule has 1 heterocycles. The number of aryl methyl sites for hydroxylation is 2. The quantitative estimate of drug-likeness (QED) is 0.665. The highest BCUT2D eigenvalue weighted by Gasteiger charge is 2.27. The number of nitrogens with one attached hydrogen (secondary N) is 1. The maximum Gasteiger partial charge on any atom is 0.338 e. The number of morpholine rings is 1. The summed E-state index contributed by atoms with van der Waals surface area (Å²) in [6, 6.07) is 11.2. The summed E-state index contributed by atoms with van der Waals surface area (Å²) in [6.45, 7) is 7.74. The van der Waals surface area contributed by atoms with Crippen molar-refractivity contribution in [3.63, 3.8) is 0 Å². The number of carbonyl (C=O) groups excluding carboxylic acids is 2. The van der Waals surface area contributed by atoms with E-state index < -0.39 is 22.6 Å². The van der Waals surface area contributed by atoms with Crippen LogP contribution >= 0.6 is 0 Å². The minimum atomic E-state index is -3.92. The fraction of sp³-hybridized carbons (Fsp3) is 0.391. The Morgan fingerprint density at radius 3 is 2.31 bits per heavy atom. The Bertz CT molecular complexity index is 1090. The van der Waals surface area contributed by atoms with Gasteiger partial charge >= 0.3 is 5.97 Å². The van der Waals surface area contributed by atoms with E-state index in [-0.39, 0.29) is 28.6 Å². The van der Waals surface area contributed by atoms with Gasteiger partial charge in [-0.3, -0.25) is 9.52 Å². The van der Waals surface area contributed by atoms with Crippen molar-refractivity contribution in [2.75, 3.05) is 24.4 Å². The second-order valence-corrected chi connectivity index (χ2v) is 9.73. The normalized spacial score (nSPS) is 18.8. The number of hydrogen-bond donors (Lipinski definition) is 1. The highest BCUT2D eigenvalue weighted by molar-refractivity contribution is 7.92. The monoisotopic (exact) mass is 460 g/mol. The molecule has 8 nitrogen and oxygen atoms in total. The van der Waals surface area contributed by atoms with Crippen molar-refractivity contribution < 1.29 is 27.5 Å². The maximum atomic E-state index is 12.9. The molecule has 1 amide bonds. The Kier molecular flexibility index (Phi) is 7.20. The minimum Gasteiger partial charge on any atom is -0.452 e. The first-order valence-electron chi connectivity index (χ1n) is 10.4. The zero-order chi connectivity index (χ0) is 23.5. The standard InChI is InChI=1S/C23H28N2O6S/c1-15-5-9-20(10-6-15)24-32(28,29)21-11-19(8-7-16(21)2)23(27)30-14-22(26)25-12-17(3)31-18(4)13-25/h5-11,17-18,24H,12-14H2,1-4H3. The van der Waals surface area contributed by atoms with Crippen LogP contribution in [0, 0.1) is 13.8 Å². The van der Waals surface area contributed by atoms with Crippen molar-refractivity contribution in [1.29, 1.82) is 0 Å². The Labute approximate surface area is 188 Å². The Morgan fingerprint density at radius 1 is 1.06 bits per heavy atom. The molecule has 3 rings (SSSR count). The summed E-state index contributed by atoms with van der Waals surface area (Å²) in [5.74, 6) is -1.08. The lowest BCUT2D eigenvalue weighted by molar-refractivity contribution is -0.146. The van der Waals surface area contributed by atoms with Crippen LogP contribution in [0.15, 0.2) is 47.4 Å². The first-order valence-corrected chi connectivity index (χ1v) is 11.8. The smallest absolute Gasteiger partial charge is 0.338 e. The van der Waals surface area contributed by atoms with Gasteiger partial charge in [-0.2, -0.15) is 0 Å². The summed E-state index contributed by atoms with van der Waals surface area (Å²) in [4.78, 5) is 26.5. The molecule has 2 atom stereocenters. The second kappa shape index (κ2) is 9.70. The number of amides is 1. The van der Waals surface area contributed by atoms with E-state index in [9.17, 15) is 18.0 Å². The van der Waals surface area contributed by atoms with E-state index in [1.165, 1.54) is 18.2 Å². The predicted molar refractivity (Wildman–Crippen MR) is 120 cm³/mol. The van der Waals surface area contributed by atoms with Gasteiger partial charge in [-0.25, -0.2) is 13.2 Å². The van der Waals surface area contributed by atoms with Gasteiger partial charge in [0, 0.05) is 18.8 Å². The number of ether oxygens (including phenoxy) is 2. The number of anilines is 1. The van der Waals surface area contributed by atoms with E-state index in [1.54, 1.807) is 36.1 Å². The molecule has 9 heteroatoms. The molecule has 0 saturated carbocycles. The molecule has 172 valence electrons. The number of benzene rings is 2. The molecule has 1 aliphatic rings. The lowest BCUT2D eigenvalue weighted by Gasteiger charge is -2.35.